The van der Waals surface area contributed by atoms with Crippen LogP contribution in [0.5, 0.6) is 0 Å². The number of hydrogen-bond acceptors (Lipinski definition) is 3. The van der Waals surface area contributed by atoms with E-state index in [1.165, 1.54) is 0 Å². The van der Waals surface area contributed by atoms with Gasteiger partial charge in [0, 0.05) is 12.6 Å². The fourth-order valence-electron chi connectivity index (χ4n) is 1.25. The Bertz CT molecular complexity index is 174. The molecule has 0 rings (SSSR count). The molecule has 0 aromatic heterocycles. The third kappa shape index (κ3) is 5.21. The van der Waals surface area contributed by atoms with Crippen molar-refractivity contribution < 1.29 is 0 Å². The molecule has 3 nitrogen and oxygen atoms in total. The van der Waals surface area contributed by atoms with Crippen LogP contribution in [0.3, 0.4) is 0 Å². The summed E-state index contributed by atoms with van der Waals surface area (Å²) in [6, 6.07) is 2.81. The van der Waals surface area contributed by atoms with Crippen molar-refractivity contribution >= 4 is 0 Å². The SMILES string of the molecule is CCCNC(C#N)CN(C)C(C)CC. The Hall–Kier alpha value is -0.590. The molecule has 3 heteroatoms. The summed E-state index contributed by atoms with van der Waals surface area (Å²) in [5.41, 5.74) is 0. The topological polar surface area (TPSA) is 39.1 Å². The molecular formula is C11H23N3. The minimum Gasteiger partial charge on any atom is -0.301 e. The van der Waals surface area contributed by atoms with Gasteiger partial charge in [0.1, 0.15) is 6.04 Å². The monoisotopic (exact) mass is 197 g/mol. The molecule has 82 valence electrons. The van der Waals surface area contributed by atoms with Crippen LogP contribution in [-0.2, 0) is 0 Å². The fraction of sp³-hybridized carbons (Fsp3) is 0.909. The Balaban J connectivity index is 3.87. The second-order valence-corrected chi connectivity index (χ2v) is 3.83. The molecule has 0 bridgehead atoms. The molecule has 14 heavy (non-hydrogen) atoms. The van der Waals surface area contributed by atoms with E-state index < -0.39 is 0 Å². The third-order valence-corrected chi connectivity index (χ3v) is 2.61. The summed E-state index contributed by atoms with van der Waals surface area (Å²) in [5.74, 6) is 0. The summed E-state index contributed by atoms with van der Waals surface area (Å²) in [6.07, 6.45) is 2.20. The Morgan fingerprint density at radius 3 is 2.50 bits per heavy atom. The van der Waals surface area contributed by atoms with E-state index >= 15 is 0 Å². The maximum Gasteiger partial charge on any atom is 0.108 e. The fourth-order valence-corrected chi connectivity index (χ4v) is 1.25. The van der Waals surface area contributed by atoms with E-state index in [2.05, 4.69) is 44.1 Å². The average Bonchev–Trinajstić information content (AvgIpc) is 2.22. The van der Waals surface area contributed by atoms with Crippen LogP contribution in [0.2, 0.25) is 0 Å². The van der Waals surface area contributed by atoms with E-state index in [1.54, 1.807) is 0 Å². The predicted molar refractivity (Wildman–Crippen MR) is 60.1 cm³/mol. The second-order valence-electron chi connectivity index (χ2n) is 3.83. The molecule has 0 aliphatic heterocycles. The van der Waals surface area contributed by atoms with Crippen LogP contribution in [0.25, 0.3) is 0 Å². The molecule has 0 saturated carbocycles. The number of hydrogen-bond donors (Lipinski definition) is 1. The summed E-state index contributed by atoms with van der Waals surface area (Å²) < 4.78 is 0. The largest absolute Gasteiger partial charge is 0.301 e. The van der Waals surface area contributed by atoms with Crippen molar-refractivity contribution in [2.24, 2.45) is 0 Å². The van der Waals surface area contributed by atoms with Gasteiger partial charge in [0.2, 0.25) is 0 Å². The zero-order chi connectivity index (χ0) is 11.0. The first-order valence-corrected chi connectivity index (χ1v) is 5.48. The lowest BCUT2D eigenvalue weighted by molar-refractivity contribution is 0.238. The molecular weight excluding hydrogens is 174 g/mol. The van der Waals surface area contributed by atoms with Gasteiger partial charge in [-0.05, 0) is 33.4 Å². The first kappa shape index (κ1) is 13.4. The van der Waals surface area contributed by atoms with Gasteiger partial charge in [-0.1, -0.05) is 13.8 Å². The average molecular weight is 197 g/mol. The molecule has 0 saturated heterocycles. The number of nitrogens with zero attached hydrogens (tertiary/aromatic N) is 2. The van der Waals surface area contributed by atoms with Crippen LogP contribution >= 0.6 is 0 Å². The summed E-state index contributed by atoms with van der Waals surface area (Å²) >= 11 is 0. The van der Waals surface area contributed by atoms with Gasteiger partial charge < -0.3 is 10.2 Å². The van der Waals surface area contributed by atoms with Crippen molar-refractivity contribution in [2.45, 2.75) is 45.7 Å². The lowest BCUT2D eigenvalue weighted by atomic mass is 10.2. The standard InChI is InChI=1S/C11H23N3/c1-5-7-13-11(8-12)9-14(4)10(3)6-2/h10-11,13H,5-7,9H2,1-4H3. The van der Waals surface area contributed by atoms with Crippen LogP contribution < -0.4 is 5.32 Å². The van der Waals surface area contributed by atoms with Gasteiger partial charge in [-0.3, -0.25) is 0 Å². The highest BCUT2D eigenvalue weighted by atomic mass is 15.1. The normalized spacial score (nSPS) is 15.1. The third-order valence-electron chi connectivity index (χ3n) is 2.61. The molecule has 0 amide bonds. The Morgan fingerprint density at radius 1 is 1.43 bits per heavy atom. The minimum absolute atomic E-state index is 0.0334. The van der Waals surface area contributed by atoms with Gasteiger partial charge in [-0.15, -0.1) is 0 Å². The highest BCUT2D eigenvalue weighted by Crippen LogP contribution is 2.00. The quantitative estimate of drug-likeness (QED) is 0.674. The van der Waals surface area contributed by atoms with Crippen LogP contribution in [0, 0.1) is 11.3 Å². The predicted octanol–water partition coefficient (Wildman–Crippen LogP) is 1.61. The second kappa shape index (κ2) is 7.78. The van der Waals surface area contributed by atoms with Gasteiger partial charge in [0.15, 0.2) is 0 Å². The maximum absolute atomic E-state index is 8.92. The molecule has 0 radical (unpaired) electrons. The lowest BCUT2D eigenvalue weighted by Gasteiger charge is -2.25. The van der Waals surface area contributed by atoms with Crippen LogP contribution in [0.4, 0.5) is 0 Å². The molecule has 0 spiro atoms. The first-order valence-electron chi connectivity index (χ1n) is 5.48. The Labute approximate surface area is 88.1 Å². The molecule has 2 atom stereocenters. The van der Waals surface area contributed by atoms with E-state index in [4.69, 9.17) is 5.26 Å². The van der Waals surface area contributed by atoms with Crippen molar-refractivity contribution in [1.82, 2.24) is 10.2 Å². The van der Waals surface area contributed by atoms with Crippen molar-refractivity contribution in [1.29, 1.82) is 5.26 Å². The van der Waals surface area contributed by atoms with E-state index in [0.29, 0.717) is 6.04 Å². The molecule has 0 aliphatic carbocycles. The van der Waals surface area contributed by atoms with Crippen molar-refractivity contribution in [3.05, 3.63) is 0 Å². The van der Waals surface area contributed by atoms with Gasteiger partial charge in [0.05, 0.1) is 6.07 Å². The number of nitriles is 1. The smallest absolute Gasteiger partial charge is 0.108 e. The van der Waals surface area contributed by atoms with Gasteiger partial charge >= 0.3 is 0 Å². The molecule has 1 N–H and O–H groups in total. The minimum atomic E-state index is -0.0334. The maximum atomic E-state index is 8.92. The summed E-state index contributed by atoms with van der Waals surface area (Å²) in [7, 11) is 2.08. The van der Waals surface area contributed by atoms with E-state index in [9.17, 15) is 0 Å². The zero-order valence-electron chi connectivity index (χ0n) is 9.88. The van der Waals surface area contributed by atoms with Crippen LogP contribution in [0.15, 0.2) is 0 Å². The molecule has 2 unspecified atom stereocenters. The molecule has 0 fully saturated rings. The van der Waals surface area contributed by atoms with E-state index in [1.807, 2.05) is 0 Å². The van der Waals surface area contributed by atoms with Gasteiger partial charge in [0.25, 0.3) is 0 Å². The lowest BCUT2D eigenvalue weighted by Crippen LogP contribution is -2.42. The first-order chi connectivity index (χ1) is 6.65. The summed E-state index contributed by atoms with van der Waals surface area (Å²) in [6.45, 7) is 8.20. The number of likely N-dealkylation sites (N-methyl/N-ethyl adjacent to an activating group) is 1. The van der Waals surface area contributed by atoms with Gasteiger partial charge in [-0.2, -0.15) is 5.26 Å². The van der Waals surface area contributed by atoms with Crippen molar-refractivity contribution in [3.8, 4) is 6.07 Å². The van der Waals surface area contributed by atoms with E-state index in [0.717, 1.165) is 25.9 Å². The Kier molecular flexibility index (Phi) is 7.45. The summed E-state index contributed by atoms with van der Waals surface area (Å²) in [4.78, 5) is 2.23. The van der Waals surface area contributed by atoms with Crippen LogP contribution in [0.1, 0.15) is 33.6 Å². The van der Waals surface area contributed by atoms with E-state index in [-0.39, 0.29) is 6.04 Å². The number of rotatable bonds is 7. The molecule has 0 aliphatic rings. The van der Waals surface area contributed by atoms with Crippen LogP contribution in [-0.4, -0.2) is 37.1 Å². The van der Waals surface area contributed by atoms with Crippen molar-refractivity contribution in [2.75, 3.05) is 20.1 Å². The zero-order valence-corrected chi connectivity index (χ0v) is 9.88. The summed E-state index contributed by atoms with van der Waals surface area (Å²) in [5, 5.41) is 12.1. The number of nitrogens with one attached hydrogen (secondary N) is 1. The molecule has 0 aromatic carbocycles. The highest BCUT2D eigenvalue weighted by Gasteiger charge is 2.12. The van der Waals surface area contributed by atoms with Gasteiger partial charge in [-0.25, -0.2) is 0 Å². The Morgan fingerprint density at radius 2 is 2.07 bits per heavy atom. The molecule has 0 heterocycles. The molecule has 0 aromatic rings. The van der Waals surface area contributed by atoms with Crippen molar-refractivity contribution in [3.63, 3.8) is 0 Å². The highest BCUT2D eigenvalue weighted by molar-refractivity contribution is 4.92.